The maximum atomic E-state index is 11.9. The molecule has 2 atom stereocenters. The van der Waals surface area contributed by atoms with Gasteiger partial charge in [0.1, 0.15) is 12.6 Å². The molecule has 0 aromatic heterocycles. The molecule has 0 bridgehead atoms. The van der Waals surface area contributed by atoms with Crippen molar-refractivity contribution in [3.05, 3.63) is 35.9 Å². The van der Waals surface area contributed by atoms with E-state index in [4.69, 9.17) is 4.74 Å². The molecule has 0 heterocycles. The van der Waals surface area contributed by atoms with E-state index in [1.165, 1.54) is 7.05 Å². The van der Waals surface area contributed by atoms with E-state index in [1.807, 2.05) is 37.3 Å². The summed E-state index contributed by atoms with van der Waals surface area (Å²) in [5.41, 5.74) is 0.865. The van der Waals surface area contributed by atoms with Gasteiger partial charge in [0.2, 0.25) is 0 Å². The van der Waals surface area contributed by atoms with Gasteiger partial charge in [0.15, 0.2) is 0 Å². The summed E-state index contributed by atoms with van der Waals surface area (Å²) in [6.45, 7) is 3.83. The van der Waals surface area contributed by atoms with Crippen LogP contribution in [0.2, 0.25) is 0 Å². The van der Waals surface area contributed by atoms with Gasteiger partial charge in [0.25, 0.3) is 0 Å². The SMILES string of the molecule is CC[C@@H](C)[C@H](C(=O)O)N(C)C(=O)OCc1ccccc1. The number of aliphatic carboxylic acids is 1. The van der Waals surface area contributed by atoms with Crippen LogP contribution in [0.4, 0.5) is 4.79 Å². The Kier molecular flexibility index (Phi) is 6.03. The van der Waals surface area contributed by atoms with Crippen molar-refractivity contribution in [2.24, 2.45) is 5.92 Å². The molecule has 0 spiro atoms. The maximum absolute atomic E-state index is 11.9. The van der Waals surface area contributed by atoms with E-state index in [2.05, 4.69) is 0 Å². The fourth-order valence-corrected chi connectivity index (χ4v) is 1.95. The molecule has 110 valence electrons. The van der Waals surface area contributed by atoms with Crippen molar-refractivity contribution in [1.29, 1.82) is 0 Å². The summed E-state index contributed by atoms with van der Waals surface area (Å²) in [6.07, 6.45) is 0.0503. The molecule has 5 heteroatoms. The van der Waals surface area contributed by atoms with Crippen molar-refractivity contribution < 1.29 is 19.4 Å². The monoisotopic (exact) mass is 279 g/mol. The average molecular weight is 279 g/mol. The molecule has 0 aliphatic rings. The lowest BCUT2D eigenvalue weighted by atomic mass is 9.98. The Balaban J connectivity index is 2.63. The quantitative estimate of drug-likeness (QED) is 0.869. The van der Waals surface area contributed by atoms with Crippen LogP contribution < -0.4 is 0 Å². The molecule has 0 unspecified atom stereocenters. The molecule has 5 nitrogen and oxygen atoms in total. The molecule has 20 heavy (non-hydrogen) atoms. The van der Waals surface area contributed by atoms with E-state index in [0.717, 1.165) is 10.5 Å². The van der Waals surface area contributed by atoms with E-state index in [0.29, 0.717) is 6.42 Å². The van der Waals surface area contributed by atoms with Gasteiger partial charge in [-0.05, 0) is 11.5 Å². The van der Waals surface area contributed by atoms with Crippen LogP contribution >= 0.6 is 0 Å². The molecule has 1 amide bonds. The highest BCUT2D eigenvalue weighted by atomic mass is 16.6. The zero-order valence-corrected chi connectivity index (χ0v) is 12.1. The molecule has 1 N–H and O–H groups in total. The molecule has 0 aliphatic carbocycles. The van der Waals surface area contributed by atoms with Gasteiger partial charge in [0, 0.05) is 7.05 Å². The number of amides is 1. The number of carbonyl (C=O) groups is 2. The van der Waals surface area contributed by atoms with Crippen molar-refractivity contribution >= 4 is 12.1 Å². The Labute approximate surface area is 119 Å². The molecule has 0 saturated carbocycles. The van der Waals surface area contributed by atoms with Gasteiger partial charge in [-0.1, -0.05) is 50.6 Å². The second kappa shape index (κ2) is 7.53. The van der Waals surface area contributed by atoms with Gasteiger partial charge in [-0.25, -0.2) is 9.59 Å². The highest BCUT2D eigenvalue weighted by Crippen LogP contribution is 2.15. The van der Waals surface area contributed by atoms with Crippen LogP contribution in [0.15, 0.2) is 30.3 Å². The minimum Gasteiger partial charge on any atom is -0.480 e. The van der Waals surface area contributed by atoms with E-state index < -0.39 is 18.1 Å². The summed E-state index contributed by atoms with van der Waals surface area (Å²) in [7, 11) is 1.46. The highest BCUT2D eigenvalue weighted by molar-refractivity contribution is 5.80. The molecule has 0 fully saturated rings. The number of benzene rings is 1. The first-order valence-corrected chi connectivity index (χ1v) is 6.63. The van der Waals surface area contributed by atoms with Crippen LogP contribution in [0, 0.1) is 5.92 Å². The van der Waals surface area contributed by atoms with Crippen molar-refractivity contribution in [2.45, 2.75) is 32.9 Å². The van der Waals surface area contributed by atoms with Gasteiger partial charge >= 0.3 is 12.1 Å². The predicted molar refractivity (Wildman–Crippen MR) is 75.3 cm³/mol. The number of likely N-dealkylation sites (N-methyl/N-ethyl adjacent to an activating group) is 1. The number of ether oxygens (including phenoxy) is 1. The van der Waals surface area contributed by atoms with E-state index in [9.17, 15) is 14.7 Å². The number of carboxylic acid groups (broad SMARTS) is 1. The highest BCUT2D eigenvalue weighted by Gasteiger charge is 2.31. The molecule has 0 aliphatic heterocycles. The summed E-state index contributed by atoms with van der Waals surface area (Å²) in [6, 6.07) is 8.40. The van der Waals surface area contributed by atoms with Crippen molar-refractivity contribution in [1.82, 2.24) is 4.90 Å². The lowest BCUT2D eigenvalue weighted by Crippen LogP contribution is -2.46. The standard InChI is InChI=1S/C15H21NO4/c1-4-11(2)13(14(17)18)16(3)15(19)20-10-12-8-6-5-7-9-12/h5-9,11,13H,4,10H2,1-3H3,(H,17,18)/t11-,13-/m1/s1. The predicted octanol–water partition coefficient (Wildman–Crippen LogP) is 2.75. The number of nitrogens with zero attached hydrogens (tertiary/aromatic N) is 1. The van der Waals surface area contributed by atoms with Crippen LogP contribution in [0.3, 0.4) is 0 Å². The number of carboxylic acids is 1. The summed E-state index contributed by atoms with van der Waals surface area (Å²) in [5.74, 6) is -1.15. The minimum absolute atomic E-state index is 0.136. The number of carbonyl (C=O) groups excluding carboxylic acids is 1. The lowest BCUT2D eigenvalue weighted by molar-refractivity contribution is -0.144. The Morgan fingerprint density at radius 1 is 1.30 bits per heavy atom. The molecular weight excluding hydrogens is 258 g/mol. The normalized spacial score (nSPS) is 13.3. The van der Waals surface area contributed by atoms with E-state index in [1.54, 1.807) is 6.92 Å². The fourth-order valence-electron chi connectivity index (χ4n) is 1.95. The Bertz CT molecular complexity index is 446. The average Bonchev–Trinajstić information content (AvgIpc) is 2.45. The molecule has 1 aromatic rings. The molecule has 0 radical (unpaired) electrons. The first-order chi connectivity index (χ1) is 9.47. The third-order valence-electron chi connectivity index (χ3n) is 3.35. The van der Waals surface area contributed by atoms with Crippen LogP contribution in [0.5, 0.6) is 0 Å². The van der Waals surface area contributed by atoms with Crippen LogP contribution in [-0.2, 0) is 16.1 Å². The minimum atomic E-state index is -1.02. The lowest BCUT2D eigenvalue weighted by Gasteiger charge is -2.28. The maximum Gasteiger partial charge on any atom is 0.410 e. The van der Waals surface area contributed by atoms with E-state index in [-0.39, 0.29) is 12.5 Å². The van der Waals surface area contributed by atoms with Crippen LogP contribution in [0.25, 0.3) is 0 Å². The second-order valence-corrected chi connectivity index (χ2v) is 4.82. The Morgan fingerprint density at radius 3 is 2.40 bits per heavy atom. The largest absolute Gasteiger partial charge is 0.480 e. The van der Waals surface area contributed by atoms with E-state index >= 15 is 0 Å². The van der Waals surface area contributed by atoms with Crippen molar-refractivity contribution in [3.63, 3.8) is 0 Å². The number of hydrogen-bond donors (Lipinski definition) is 1. The Hall–Kier alpha value is -2.04. The smallest absolute Gasteiger partial charge is 0.410 e. The second-order valence-electron chi connectivity index (χ2n) is 4.82. The van der Waals surface area contributed by atoms with Gasteiger partial charge < -0.3 is 9.84 Å². The molecular formula is C15H21NO4. The summed E-state index contributed by atoms with van der Waals surface area (Å²) >= 11 is 0. The van der Waals surface area contributed by atoms with Crippen LogP contribution in [-0.4, -0.2) is 35.2 Å². The third-order valence-corrected chi connectivity index (χ3v) is 3.35. The van der Waals surface area contributed by atoms with Crippen LogP contribution in [0.1, 0.15) is 25.8 Å². The summed E-state index contributed by atoms with van der Waals surface area (Å²) in [4.78, 5) is 24.3. The summed E-state index contributed by atoms with van der Waals surface area (Å²) < 4.78 is 5.14. The van der Waals surface area contributed by atoms with Gasteiger partial charge in [-0.2, -0.15) is 0 Å². The molecule has 1 aromatic carbocycles. The van der Waals surface area contributed by atoms with Crippen molar-refractivity contribution in [3.8, 4) is 0 Å². The van der Waals surface area contributed by atoms with Gasteiger partial charge in [-0.15, -0.1) is 0 Å². The number of rotatable bonds is 6. The van der Waals surface area contributed by atoms with Gasteiger partial charge in [0.05, 0.1) is 0 Å². The first kappa shape index (κ1) is 16.0. The Morgan fingerprint density at radius 2 is 1.90 bits per heavy atom. The zero-order chi connectivity index (χ0) is 15.1. The third kappa shape index (κ3) is 4.26. The van der Waals surface area contributed by atoms with Gasteiger partial charge in [-0.3, -0.25) is 4.90 Å². The van der Waals surface area contributed by atoms with Crippen molar-refractivity contribution in [2.75, 3.05) is 7.05 Å². The fraction of sp³-hybridized carbons (Fsp3) is 0.467. The number of hydrogen-bond acceptors (Lipinski definition) is 3. The zero-order valence-electron chi connectivity index (χ0n) is 12.1. The molecule has 0 saturated heterocycles. The molecule has 1 rings (SSSR count). The summed E-state index contributed by atoms with van der Waals surface area (Å²) in [5, 5.41) is 9.23. The topological polar surface area (TPSA) is 66.8 Å². The first-order valence-electron chi connectivity index (χ1n) is 6.63.